The van der Waals surface area contributed by atoms with Gasteiger partial charge in [-0.15, -0.1) is 26.3 Å². The first kappa shape index (κ1) is 25.0. The molecule has 0 N–H and O–H groups in total. The van der Waals surface area contributed by atoms with Crippen molar-refractivity contribution in [2.45, 2.75) is 69.8 Å². The van der Waals surface area contributed by atoms with E-state index in [1.165, 1.54) is 0 Å². The van der Waals surface area contributed by atoms with Crippen LogP contribution in [0, 0.1) is 0 Å². The van der Waals surface area contributed by atoms with Crippen molar-refractivity contribution in [3.8, 4) is 0 Å². The van der Waals surface area contributed by atoms with Gasteiger partial charge in [-0.2, -0.15) is 26.3 Å². The molecule has 0 aromatic carbocycles. The van der Waals surface area contributed by atoms with Gasteiger partial charge in [0.15, 0.2) is 5.60 Å². The van der Waals surface area contributed by atoms with Crippen molar-refractivity contribution in [3.63, 3.8) is 0 Å². The molecule has 0 rings (SSSR count). The molecule has 0 aliphatic rings. The van der Waals surface area contributed by atoms with Gasteiger partial charge in [0, 0.05) is 0 Å². The first-order chi connectivity index (χ1) is 10.9. The molecule has 0 saturated heterocycles. The zero-order valence-corrected chi connectivity index (χ0v) is 13.3. The summed E-state index contributed by atoms with van der Waals surface area (Å²) in [4.78, 5) is 0. The van der Waals surface area contributed by atoms with Crippen LogP contribution in [0.2, 0.25) is 0 Å². The van der Waals surface area contributed by atoms with Crippen molar-refractivity contribution in [2.75, 3.05) is 0 Å². The minimum atomic E-state index is -6.12. The van der Waals surface area contributed by atoms with Crippen LogP contribution >= 0.6 is 0 Å². The predicted molar refractivity (Wildman–Crippen MR) is 58.4 cm³/mol. The fourth-order valence-electron chi connectivity index (χ4n) is 1.42. The molecule has 158 valence electrons. The summed E-state index contributed by atoms with van der Waals surface area (Å²) in [7, 11) is 0. The fraction of sp³-hybridized carbons (Fsp3) is 1.00. The van der Waals surface area contributed by atoms with Crippen LogP contribution in [0.3, 0.4) is 0 Å². The van der Waals surface area contributed by atoms with Gasteiger partial charge < -0.3 is 4.74 Å². The molecule has 0 aromatic heterocycles. The summed E-state index contributed by atoms with van der Waals surface area (Å²) < 4.78 is 162. The third-order valence-electron chi connectivity index (χ3n) is 2.82. The summed E-state index contributed by atoms with van der Waals surface area (Å²) in [6, 6.07) is 0. The largest absolute Gasteiger partial charge is 0.527 e. The maximum absolute atomic E-state index is 13.8. The number of hydrogen-bond donors (Lipinski definition) is 0. The Kier molecular flexibility index (Phi) is 6.34. The van der Waals surface area contributed by atoms with E-state index in [9.17, 15) is 52.7 Å². The van der Waals surface area contributed by atoms with Gasteiger partial charge in [-0.3, -0.25) is 4.74 Å². The Morgan fingerprint density at radius 1 is 0.423 bits per heavy atom. The number of halogens is 12. The number of ether oxygens (including phenoxy) is 3. The lowest BCUT2D eigenvalue weighted by atomic mass is 9.98. The quantitative estimate of drug-likeness (QED) is 0.513. The monoisotopic (exact) mass is 420 g/mol. The van der Waals surface area contributed by atoms with Gasteiger partial charge >= 0.3 is 30.9 Å². The van der Waals surface area contributed by atoms with Gasteiger partial charge in [0.2, 0.25) is 0 Å². The Labute approximate surface area is 138 Å². The fourth-order valence-corrected chi connectivity index (χ4v) is 1.42. The molecule has 0 spiro atoms. The molecule has 15 heteroatoms. The maximum atomic E-state index is 13.8. The molecule has 0 aliphatic heterocycles. The van der Waals surface area contributed by atoms with Gasteiger partial charge in [-0.25, -0.2) is 4.74 Å². The summed E-state index contributed by atoms with van der Waals surface area (Å²) in [6.45, 7) is -0.648. The van der Waals surface area contributed by atoms with E-state index < -0.39 is 42.1 Å². The Bertz CT molecular complexity index is 492. The topological polar surface area (TPSA) is 27.7 Å². The third-order valence-corrected chi connectivity index (χ3v) is 2.82. The minimum Gasteiger partial charge on any atom is -0.300 e. The van der Waals surface area contributed by atoms with E-state index >= 15 is 0 Å². The number of alkyl halides is 12. The molecule has 0 amide bonds. The molecule has 0 radical (unpaired) electrons. The van der Waals surface area contributed by atoms with Gasteiger partial charge in [-0.1, -0.05) is 0 Å². The highest BCUT2D eigenvalue weighted by Crippen LogP contribution is 2.50. The van der Waals surface area contributed by atoms with E-state index in [1.54, 1.807) is 0 Å². The molecule has 0 heterocycles. The van der Waals surface area contributed by atoms with E-state index in [4.69, 9.17) is 0 Å². The van der Waals surface area contributed by atoms with Gasteiger partial charge in [0.05, 0.1) is 0 Å². The average molecular weight is 420 g/mol. The van der Waals surface area contributed by atoms with Crippen molar-refractivity contribution >= 4 is 0 Å². The third kappa shape index (κ3) is 5.77. The van der Waals surface area contributed by atoms with Crippen LogP contribution in [0.1, 0.15) is 27.7 Å². The first-order valence-corrected chi connectivity index (χ1v) is 6.24. The summed E-state index contributed by atoms with van der Waals surface area (Å²) in [6.07, 6.45) is -23.6. The minimum absolute atomic E-state index is 0.158. The van der Waals surface area contributed by atoms with Gasteiger partial charge in [-0.05, 0) is 27.7 Å². The summed E-state index contributed by atoms with van der Waals surface area (Å²) in [5.74, 6) is -5.92. The van der Waals surface area contributed by atoms with Gasteiger partial charge in [0.25, 0.3) is 0 Å². The lowest BCUT2D eigenvalue weighted by molar-refractivity contribution is -0.498. The normalized spacial score (nSPS) is 16.2. The average Bonchev–Trinajstić information content (AvgIpc) is 2.19. The molecule has 0 aromatic rings. The zero-order chi connectivity index (χ0) is 21.6. The SMILES string of the molecule is CC(C)(OC(F)(F)C(F)(F)C(C)(C)OC(F)(F)F)C(F)(F)OC(F)(F)F. The molecule has 0 fully saturated rings. The Hall–Kier alpha value is -0.960. The second-order valence-corrected chi connectivity index (χ2v) is 5.83. The van der Waals surface area contributed by atoms with Crippen LogP contribution in [0.25, 0.3) is 0 Å². The summed E-state index contributed by atoms with van der Waals surface area (Å²) in [5, 5.41) is 0. The van der Waals surface area contributed by atoms with Crippen molar-refractivity contribution in [2.24, 2.45) is 0 Å². The molecule has 0 atom stereocenters. The van der Waals surface area contributed by atoms with Crippen molar-refractivity contribution in [1.29, 1.82) is 0 Å². The first-order valence-electron chi connectivity index (χ1n) is 6.24. The summed E-state index contributed by atoms with van der Waals surface area (Å²) >= 11 is 0. The van der Waals surface area contributed by atoms with Crippen LogP contribution in [0.4, 0.5) is 52.7 Å². The van der Waals surface area contributed by atoms with E-state index in [1.807, 2.05) is 0 Å². The van der Waals surface area contributed by atoms with E-state index in [0.29, 0.717) is 0 Å². The van der Waals surface area contributed by atoms with Crippen molar-refractivity contribution < 1.29 is 66.9 Å². The van der Waals surface area contributed by atoms with E-state index in [2.05, 4.69) is 14.2 Å². The number of rotatable bonds is 7. The van der Waals surface area contributed by atoms with Crippen LogP contribution < -0.4 is 0 Å². The Balaban J connectivity index is 5.74. The second kappa shape index (κ2) is 6.58. The van der Waals surface area contributed by atoms with Crippen LogP contribution in [-0.4, -0.2) is 42.1 Å². The van der Waals surface area contributed by atoms with Crippen molar-refractivity contribution in [1.82, 2.24) is 0 Å². The van der Waals surface area contributed by atoms with Crippen molar-refractivity contribution in [3.05, 3.63) is 0 Å². The molecular weight excluding hydrogens is 408 g/mol. The molecular formula is C11H12F12O3. The molecule has 26 heavy (non-hydrogen) atoms. The highest BCUT2D eigenvalue weighted by molar-refractivity contribution is 4.96. The Morgan fingerprint density at radius 3 is 1.08 bits per heavy atom. The molecule has 0 unspecified atom stereocenters. The lowest BCUT2D eigenvalue weighted by Crippen LogP contribution is -2.63. The molecule has 0 aliphatic carbocycles. The van der Waals surface area contributed by atoms with Crippen LogP contribution in [0.15, 0.2) is 0 Å². The van der Waals surface area contributed by atoms with Gasteiger partial charge in [0.1, 0.15) is 5.60 Å². The number of hydrogen-bond acceptors (Lipinski definition) is 3. The standard InChI is InChI=1S/C11H12F12O3/c1-5(2,25-10(18,19)20)7(12,13)9(16,17)24-6(3,4)8(14,15)26-11(21,22)23/h1-4H3. The predicted octanol–water partition coefficient (Wildman–Crippen LogP) is 5.45. The van der Waals surface area contributed by atoms with Crippen LogP contribution in [0.5, 0.6) is 0 Å². The highest BCUT2D eigenvalue weighted by atomic mass is 19.4. The zero-order valence-electron chi connectivity index (χ0n) is 13.3. The molecule has 0 bridgehead atoms. The van der Waals surface area contributed by atoms with E-state index in [-0.39, 0.29) is 27.7 Å². The molecule has 0 saturated carbocycles. The van der Waals surface area contributed by atoms with E-state index in [0.717, 1.165) is 0 Å². The highest BCUT2D eigenvalue weighted by Gasteiger charge is 2.72. The molecule has 3 nitrogen and oxygen atoms in total. The Morgan fingerprint density at radius 2 is 0.769 bits per heavy atom. The second-order valence-electron chi connectivity index (χ2n) is 5.83. The smallest absolute Gasteiger partial charge is 0.300 e. The summed E-state index contributed by atoms with van der Waals surface area (Å²) in [5.41, 5.74) is -8.10. The lowest BCUT2D eigenvalue weighted by Gasteiger charge is -2.42. The van der Waals surface area contributed by atoms with Crippen LogP contribution in [-0.2, 0) is 14.2 Å². The maximum Gasteiger partial charge on any atom is 0.527 e.